The molecular formula is C12H24N4O. The molecule has 2 heterocycles. The average Bonchev–Trinajstić information content (AvgIpc) is 2.16. The third kappa shape index (κ3) is 3.66. The van der Waals surface area contributed by atoms with Gasteiger partial charge in [-0.2, -0.15) is 0 Å². The Hall–Kier alpha value is -0.650. The van der Waals surface area contributed by atoms with Crippen LogP contribution in [0.2, 0.25) is 0 Å². The van der Waals surface area contributed by atoms with Crippen molar-refractivity contribution in [2.75, 3.05) is 45.8 Å². The standard InChI is InChI=1S/C12H24N4O/c1-10(2)14-12(17)9-15-3-5-16(6-4-15)11-7-13-8-11/h10-11,13H,3-9H2,1-2H3,(H,14,17). The number of piperazine rings is 1. The van der Waals surface area contributed by atoms with Crippen molar-refractivity contribution in [2.24, 2.45) is 0 Å². The fourth-order valence-corrected chi connectivity index (χ4v) is 2.39. The van der Waals surface area contributed by atoms with E-state index >= 15 is 0 Å². The van der Waals surface area contributed by atoms with Crippen molar-refractivity contribution in [2.45, 2.75) is 25.9 Å². The predicted molar refractivity (Wildman–Crippen MR) is 67.9 cm³/mol. The molecule has 2 saturated heterocycles. The van der Waals surface area contributed by atoms with E-state index in [-0.39, 0.29) is 11.9 Å². The Bertz CT molecular complexity index is 257. The van der Waals surface area contributed by atoms with Crippen molar-refractivity contribution in [1.82, 2.24) is 20.4 Å². The lowest BCUT2D eigenvalue weighted by Crippen LogP contribution is -2.62. The molecule has 2 N–H and O–H groups in total. The lowest BCUT2D eigenvalue weighted by Gasteiger charge is -2.43. The van der Waals surface area contributed by atoms with Crippen LogP contribution in [-0.2, 0) is 4.79 Å². The molecule has 1 amide bonds. The molecule has 5 heteroatoms. The smallest absolute Gasteiger partial charge is 0.234 e. The van der Waals surface area contributed by atoms with E-state index in [0.29, 0.717) is 6.54 Å². The molecule has 0 saturated carbocycles. The second kappa shape index (κ2) is 5.80. The lowest BCUT2D eigenvalue weighted by atomic mass is 10.1. The van der Waals surface area contributed by atoms with Gasteiger partial charge >= 0.3 is 0 Å². The molecule has 0 aliphatic carbocycles. The maximum atomic E-state index is 11.6. The van der Waals surface area contributed by atoms with Gasteiger partial charge in [0.2, 0.25) is 5.91 Å². The predicted octanol–water partition coefficient (Wildman–Crippen LogP) is -0.900. The summed E-state index contributed by atoms with van der Waals surface area (Å²) in [5, 5.41) is 6.25. The summed E-state index contributed by atoms with van der Waals surface area (Å²) in [5.41, 5.74) is 0. The van der Waals surface area contributed by atoms with Gasteiger partial charge in [0.15, 0.2) is 0 Å². The maximum absolute atomic E-state index is 11.6. The highest BCUT2D eigenvalue weighted by atomic mass is 16.2. The SMILES string of the molecule is CC(C)NC(=O)CN1CCN(C2CNC2)CC1. The molecule has 5 nitrogen and oxygen atoms in total. The third-order valence-corrected chi connectivity index (χ3v) is 3.50. The first-order valence-corrected chi connectivity index (χ1v) is 6.61. The van der Waals surface area contributed by atoms with E-state index in [4.69, 9.17) is 0 Å². The van der Waals surface area contributed by atoms with E-state index in [1.165, 1.54) is 0 Å². The third-order valence-electron chi connectivity index (χ3n) is 3.50. The number of hydrogen-bond donors (Lipinski definition) is 2. The van der Waals surface area contributed by atoms with Crippen LogP contribution in [0.3, 0.4) is 0 Å². The summed E-state index contributed by atoms with van der Waals surface area (Å²) in [7, 11) is 0. The monoisotopic (exact) mass is 240 g/mol. The molecule has 98 valence electrons. The van der Waals surface area contributed by atoms with E-state index in [0.717, 1.165) is 45.3 Å². The highest BCUT2D eigenvalue weighted by Crippen LogP contribution is 2.09. The highest BCUT2D eigenvalue weighted by molar-refractivity contribution is 5.78. The molecule has 0 spiro atoms. The normalized spacial score (nSPS) is 23.7. The number of hydrogen-bond acceptors (Lipinski definition) is 4. The summed E-state index contributed by atoms with van der Waals surface area (Å²) < 4.78 is 0. The first-order chi connectivity index (χ1) is 8.15. The van der Waals surface area contributed by atoms with Gasteiger partial charge in [0.25, 0.3) is 0 Å². The largest absolute Gasteiger partial charge is 0.353 e. The van der Waals surface area contributed by atoms with Crippen molar-refractivity contribution in [1.29, 1.82) is 0 Å². The zero-order chi connectivity index (χ0) is 12.3. The second-order valence-corrected chi connectivity index (χ2v) is 5.35. The zero-order valence-electron chi connectivity index (χ0n) is 10.9. The maximum Gasteiger partial charge on any atom is 0.234 e. The number of rotatable bonds is 4. The minimum absolute atomic E-state index is 0.152. The Balaban J connectivity index is 1.66. The molecule has 2 fully saturated rings. The summed E-state index contributed by atoms with van der Waals surface area (Å²) in [6, 6.07) is 0.978. The van der Waals surface area contributed by atoms with Crippen LogP contribution in [0.1, 0.15) is 13.8 Å². The first kappa shape index (κ1) is 12.8. The number of amides is 1. The van der Waals surface area contributed by atoms with E-state index in [9.17, 15) is 4.79 Å². The van der Waals surface area contributed by atoms with Gasteiger partial charge in [0, 0.05) is 51.4 Å². The van der Waals surface area contributed by atoms with Crippen LogP contribution in [0.4, 0.5) is 0 Å². The molecular weight excluding hydrogens is 216 g/mol. The minimum Gasteiger partial charge on any atom is -0.353 e. The van der Waals surface area contributed by atoms with Crippen molar-refractivity contribution >= 4 is 5.91 Å². The van der Waals surface area contributed by atoms with Gasteiger partial charge in [-0.15, -0.1) is 0 Å². The van der Waals surface area contributed by atoms with Crippen molar-refractivity contribution in [3.05, 3.63) is 0 Å². The Labute approximate surface area is 104 Å². The average molecular weight is 240 g/mol. The molecule has 0 aromatic carbocycles. The van der Waals surface area contributed by atoms with Crippen LogP contribution >= 0.6 is 0 Å². The van der Waals surface area contributed by atoms with Crippen LogP contribution < -0.4 is 10.6 Å². The molecule has 0 bridgehead atoms. The van der Waals surface area contributed by atoms with Gasteiger partial charge < -0.3 is 10.6 Å². The highest BCUT2D eigenvalue weighted by Gasteiger charge is 2.28. The summed E-state index contributed by atoms with van der Waals surface area (Å²) >= 11 is 0. The number of carbonyl (C=O) groups is 1. The molecule has 0 radical (unpaired) electrons. The van der Waals surface area contributed by atoms with Crippen molar-refractivity contribution in [3.8, 4) is 0 Å². The summed E-state index contributed by atoms with van der Waals surface area (Å²) in [6.07, 6.45) is 0. The van der Waals surface area contributed by atoms with Gasteiger partial charge in [-0.3, -0.25) is 14.6 Å². The van der Waals surface area contributed by atoms with Gasteiger partial charge in [-0.1, -0.05) is 0 Å². The van der Waals surface area contributed by atoms with Crippen LogP contribution in [0.5, 0.6) is 0 Å². The van der Waals surface area contributed by atoms with Crippen LogP contribution in [0, 0.1) is 0 Å². The van der Waals surface area contributed by atoms with Crippen molar-refractivity contribution < 1.29 is 4.79 Å². The first-order valence-electron chi connectivity index (χ1n) is 6.61. The molecule has 2 aliphatic rings. The van der Waals surface area contributed by atoms with E-state index in [2.05, 4.69) is 20.4 Å². The molecule has 0 aromatic heterocycles. The van der Waals surface area contributed by atoms with Gasteiger partial charge in [0.05, 0.1) is 6.54 Å². The summed E-state index contributed by atoms with van der Waals surface area (Å²) in [6.45, 7) is 11.0. The van der Waals surface area contributed by atoms with Gasteiger partial charge in [-0.05, 0) is 13.8 Å². The van der Waals surface area contributed by atoms with Crippen LogP contribution in [-0.4, -0.2) is 73.6 Å². The Morgan fingerprint density at radius 3 is 2.41 bits per heavy atom. The molecule has 0 unspecified atom stereocenters. The van der Waals surface area contributed by atoms with E-state index < -0.39 is 0 Å². The quantitative estimate of drug-likeness (QED) is 0.669. The molecule has 0 atom stereocenters. The number of carbonyl (C=O) groups excluding carboxylic acids is 1. The Kier molecular flexibility index (Phi) is 4.36. The second-order valence-electron chi connectivity index (χ2n) is 5.35. The zero-order valence-corrected chi connectivity index (χ0v) is 10.9. The summed E-state index contributed by atoms with van der Waals surface area (Å²) in [5.74, 6) is 0.152. The fourth-order valence-electron chi connectivity index (χ4n) is 2.39. The van der Waals surface area contributed by atoms with Gasteiger partial charge in [-0.25, -0.2) is 0 Å². The van der Waals surface area contributed by atoms with Gasteiger partial charge in [0.1, 0.15) is 0 Å². The summed E-state index contributed by atoms with van der Waals surface area (Å²) in [4.78, 5) is 16.4. The van der Waals surface area contributed by atoms with Crippen LogP contribution in [0.15, 0.2) is 0 Å². The topological polar surface area (TPSA) is 47.6 Å². The Morgan fingerprint density at radius 1 is 1.29 bits per heavy atom. The van der Waals surface area contributed by atoms with E-state index in [1.807, 2.05) is 13.8 Å². The molecule has 2 aliphatic heterocycles. The lowest BCUT2D eigenvalue weighted by molar-refractivity contribution is -0.123. The number of nitrogens with zero attached hydrogens (tertiary/aromatic N) is 2. The van der Waals surface area contributed by atoms with E-state index in [1.54, 1.807) is 0 Å². The van der Waals surface area contributed by atoms with Crippen LogP contribution in [0.25, 0.3) is 0 Å². The Morgan fingerprint density at radius 2 is 1.94 bits per heavy atom. The molecule has 0 aromatic rings. The minimum atomic E-state index is 0.152. The fraction of sp³-hybridized carbons (Fsp3) is 0.917. The molecule has 17 heavy (non-hydrogen) atoms. The number of nitrogens with one attached hydrogen (secondary N) is 2. The molecule has 2 rings (SSSR count). The van der Waals surface area contributed by atoms with Crippen molar-refractivity contribution in [3.63, 3.8) is 0 Å².